The van der Waals surface area contributed by atoms with Crippen LogP contribution in [0.3, 0.4) is 0 Å². The van der Waals surface area contributed by atoms with E-state index in [1.54, 1.807) is 37.3 Å². The van der Waals surface area contributed by atoms with Gasteiger partial charge in [0.25, 0.3) is 0 Å². The maximum Gasteiger partial charge on any atom is 0.341 e. The van der Waals surface area contributed by atoms with Crippen LogP contribution in [0.1, 0.15) is 46.9 Å². The molecular formula is C26H29ClN4O4S2. The van der Waals surface area contributed by atoms with Crippen molar-refractivity contribution in [3.8, 4) is 5.75 Å². The zero-order valence-electron chi connectivity index (χ0n) is 20.8. The molecule has 37 heavy (non-hydrogen) atoms. The number of carbonyl (C=O) groups is 2. The highest BCUT2D eigenvalue weighted by Crippen LogP contribution is 2.40. The molecule has 0 fully saturated rings. The first-order chi connectivity index (χ1) is 17.9. The number of hydrogen-bond acceptors (Lipinski definition) is 8. The first-order valence-corrected chi connectivity index (χ1v) is 14.2. The van der Waals surface area contributed by atoms with E-state index in [9.17, 15) is 9.59 Å². The average Bonchev–Trinajstić information content (AvgIpc) is 3.42. The Bertz CT molecular complexity index is 1270. The van der Waals surface area contributed by atoms with E-state index in [4.69, 9.17) is 21.1 Å². The number of esters is 1. The minimum Gasteiger partial charge on any atom is -0.486 e. The standard InChI is InChI=1S/C26H29ClN4O4S2/c1-4-12-31-21(14-35-18-9-7-17(27)8-10-18)29-30-26(31)36-15-22(32)28-24-23(25(33)34-5-2)19-11-6-16(3)13-20(19)37-24/h4,7-10,16H,1,5-6,11-15H2,2-3H3,(H,28,32). The van der Waals surface area contributed by atoms with Gasteiger partial charge in [0, 0.05) is 16.4 Å². The van der Waals surface area contributed by atoms with Crippen LogP contribution in [-0.2, 0) is 35.5 Å². The van der Waals surface area contributed by atoms with Gasteiger partial charge in [0.05, 0.1) is 17.9 Å². The Morgan fingerprint density at radius 2 is 2.11 bits per heavy atom. The number of anilines is 1. The molecule has 0 saturated heterocycles. The summed E-state index contributed by atoms with van der Waals surface area (Å²) in [4.78, 5) is 26.8. The minimum absolute atomic E-state index is 0.106. The number of fused-ring (bicyclic) bond motifs is 1. The summed E-state index contributed by atoms with van der Waals surface area (Å²) in [5.74, 6) is 1.32. The van der Waals surface area contributed by atoms with Gasteiger partial charge in [-0.05, 0) is 61.9 Å². The van der Waals surface area contributed by atoms with Crippen LogP contribution in [0.2, 0.25) is 5.02 Å². The molecule has 196 valence electrons. The van der Waals surface area contributed by atoms with Crippen LogP contribution in [0.4, 0.5) is 5.00 Å². The highest BCUT2D eigenvalue weighted by Gasteiger charge is 2.29. The van der Waals surface area contributed by atoms with Crippen LogP contribution in [0.15, 0.2) is 42.1 Å². The molecule has 0 spiro atoms. The smallest absolute Gasteiger partial charge is 0.341 e. The number of amides is 1. The molecular weight excluding hydrogens is 532 g/mol. The van der Waals surface area contributed by atoms with Crippen LogP contribution >= 0.6 is 34.7 Å². The second-order valence-corrected chi connectivity index (χ2v) is 11.1. The quantitative estimate of drug-likeness (QED) is 0.180. The van der Waals surface area contributed by atoms with E-state index < -0.39 is 0 Å². The third-order valence-corrected chi connectivity index (χ3v) is 8.25. The molecule has 1 amide bonds. The summed E-state index contributed by atoms with van der Waals surface area (Å²) in [7, 11) is 0. The molecule has 1 unspecified atom stereocenters. The Balaban J connectivity index is 1.43. The number of aromatic nitrogens is 3. The van der Waals surface area contributed by atoms with Crippen molar-refractivity contribution in [2.75, 3.05) is 17.7 Å². The predicted octanol–water partition coefficient (Wildman–Crippen LogP) is 5.79. The van der Waals surface area contributed by atoms with Crippen molar-refractivity contribution in [2.45, 2.75) is 51.4 Å². The zero-order valence-corrected chi connectivity index (χ0v) is 23.2. The van der Waals surface area contributed by atoms with Crippen LogP contribution < -0.4 is 10.1 Å². The molecule has 11 heteroatoms. The normalized spacial score (nSPS) is 14.6. The van der Waals surface area contributed by atoms with Gasteiger partial charge in [-0.25, -0.2) is 4.79 Å². The number of thiophene rings is 1. The monoisotopic (exact) mass is 560 g/mol. The third-order valence-electron chi connectivity index (χ3n) is 5.86. The van der Waals surface area contributed by atoms with Crippen molar-refractivity contribution in [2.24, 2.45) is 5.92 Å². The summed E-state index contributed by atoms with van der Waals surface area (Å²) in [5.41, 5.74) is 1.52. The Kier molecular flexibility index (Phi) is 9.28. The number of nitrogens with one attached hydrogen (secondary N) is 1. The third kappa shape index (κ3) is 6.74. The fraction of sp³-hybridized carbons (Fsp3) is 0.385. The molecule has 1 atom stereocenters. The number of allylic oxidation sites excluding steroid dienone is 1. The second-order valence-electron chi connectivity index (χ2n) is 8.65. The number of benzene rings is 1. The Morgan fingerprint density at radius 1 is 1.32 bits per heavy atom. The lowest BCUT2D eigenvalue weighted by atomic mass is 9.88. The average molecular weight is 561 g/mol. The molecule has 0 aliphatic heterocycles. The van der Waals surface area contributed by atoms with Crippen molar-refractivity contribution < 1.29 is 19.1 Å². The van der Waals surface area contributed by atoms with Crippen LogP contribution in [0.5, 0.6) is 5.75 Å². The number of nitrogens with zero attached hydrogens (tertiary/aromatic N) is 3. The predicted molar refractivity (Wildman–Crippen MR) is 147 cm³/mol. The zero-order chi connectivity index (χ0) is 26.4. The lowest BCUT2D eigenvalue weighted by Crippen LogP contribution is -2.18. The van der Waals surface area contributed by atoms with Gasteiger partial charge < -0.3 is 14.8 Å². The van der Waals surface area contributed by atoms with Gasteiger partial charge in [0.15, 0.2) is 11.0 Å². The lowest BCUT2D eigenvalue weighted by molar-refractivity contribution is -0.113. The summed E-state index contributed by atoms with van der Waals surface area (Å²) in [6.45, 7) is 8.76. The maximum absolute atomic E-state index is 12.9. The molecule has 0 radical (unpaired) electrons. The topological polar surface area (TPSA) is 95.3 Å². The van der Waals surface area contributed by atoms with Crippen LogP contribution in [-0.4, -0.2) is 39.0 Å². The Labute approximate surface area is 229 Å². The molecule has 3 aromatic rings. The van der Waals surface area contributed by atoms with Gasteiger partial charge in [0.1, 0.15) is 17.4 Å². The number of thioether (sulfide) groups is 1. The van der Waals surface area contributed by atoms with E-state index in [0.29, 0.717) is 44.8 Å². The van der Waals surface area contributed by atoms with Gasteiger partial charge in [-0.2, -0.15) is 0 Å². The number of halogens is 1. The lowest BCUT2D eigenvalue weighted by Gasteiger charge is -2.18. The van der Waals surface area contributed by atoms with Gasteiger partial charge >= 0.3 is 5.97 Å². The molecule has 4 rings (SSSR count). The molecule has 2 aromatic heterocycles. The van der Waals surface area contributed by atoms with Gasteiger partial charge in [-0.3, -0.25) is 9.36 Å². The van der Waals surface area contributed by atoms with Crippen molar-refractivity contribution in [1.29, 1.82) is 0 Å². The molecule has 8 nitrogen and oxygen atoms in total. The van der Waals surface area contributed by atoms with Crippen molar-refractivity contribution >= 4 is 51.6 Å². The molecule has 0 bridgehead atoms. The molecule has 1 N–H and O–H groups in total. The summed E-state index contributed by atoms with van der Waals surface area (Å²) in [6, 6.07) is 7.07. The first-order valence-electron chi connectivity index (χ1n) is 12.0. The molecule has 1 aliphatic carbocycles. The summed E-state index contributed by atoms with van der Waals surface area (Å²) < 4.78 is 13.0. The van der Waals surface area contributed by atoms with E-state index >= 15 is 0 Å². The molecule has 2 heterocycles. The number of rotatable bonds is 11. The fourth-order valence-corrected chi connectivity index (χ4v) is 6.38. The van der Waals surface area contributed by atoms with Crippen molar-refractivity contribution in [3.63, 3.8) is 0 Å². The SMILES string of the molecule is C=CCn1c(COc2ccc(Cl)cc2)nnc1SCC(=O)Nc1sc2c(c1C(=O)OCC)CCC(C)C2. The van der Waals surface area contributed by atoms with Crippen LogP contribution in [0, 0.1) is 5.92 Å². The van der Waals surface area contributed by atoms with Crippen molar-refractivity contribution in [1.82, 2.24) is 14.8 Å². The highest BCUT2D eigenvalue weighted by atomic mass is 35.5. The van der Waals surface area contributed by atoms with E-state index in [0.717, 1.165) is 29.7 Å². The summed E-state index contributed by atoms with van der Waals surface area (Å²) in [5, 5.41) is 13.2. The van der Waals surface area contributed by atoms with E-state index in [1.165, 1.54) is 23.1 Å². The minimum atomic E-state index is -0.381. The number of hydrogen-bond donors (Lipinski definition) is 1. The maximum atomic E-state index is 12.9. The van der Waals surface area contributed by atoms with E-state index in [-0.39, 0.29) is 30.8 Å². The fourth-order valence-electron chi connectivity index (χ4n) is 4.07. The van der Waals surface area contributed by atoms with Gasteiger partial charge in [-0.15, -0.1) is 28.1 Å². The summed E-state index contributed by atoms with van der Waals surface area (Å²) >= 11 is 8.67. The van der Waals surface area contributed by atoms with E-state index in [2.05, 4.69) is 29.0 Å². The van der Waals surface area contributed by atoms with Gasteiger partial charge in [-0.1, -0.05) is 36.4 Å². The second kappa shape index (κ2) is 12.6. The van der Waals surface area contributed by atoms with Crippen LogP contribution in [0.25, 0.3) is 0 Å². The highest BCUT2D eigenvalue weighted by molar-refractivity contribution is 7.99. The Hall–Kier alpha value is -2.82. The molecule has 1 aliphatic rings. The molecule has 0 saturated carbocycles. The van der Waals surface area contributed by atoms with E-state index in [1.807, 2.05) is 4.57 Å². The Morgan fingerprint density at radius 3 is 2.84 bits per heavy atom. The molecule has 1 aromatic carbocycles. The largest absolute Gasteiger partial charge is 0.486 e. The summed E-state index contributed by atoms with van der Waals surface area (Å²) in [6.07, 6.45) is 4.48. The number of carbonyl (C=O) groups excluding carboxylic acids is 2. The van der Waals surface area contributed by atoms with Crippen molar-refractivity contribution in [3.05, 3.63) is 63.8 Å². The number of ether oxygens (including phenoxy) is 2. The first kappa shape index (κ1) is 27.2. The van der Waals surface area contributed by atoms with Gasteiger partial charge in [0.2, 0.25) is 5.91 Å².